The van der Waals surface area contributed by atoms with Gasteiger partial charge >= 0.3 is 5.88 Å². The second kappa shape index (κ2) is 14.9. The number of rotatable bonds is 17. The average Bonchev–Trinajstić information content (AvgIpc) is 2.79. The maximum atomic E-state index is 13.2. The maximum Gasteiger partial charge on any atom is 0.423 e. The molecule has 2 aromatic rings. The molecule has 31 heavy (non-hydrogen) atoms. The lowest BCUT2D eigenvalue weighted by Gasteiger charge is -2.18. The van der Waals surface area contributed by atoms with E-state index in [4.69, 9.17) is 9.47 Å². The van der Waals surface area contributed by atoms with Crippen LogP contribution in [0.4, 0.5) is 0 Å². The van der Waals surface area contributed by atoms with Gasteiger partial charge in [-0.1, -0.05) is 90.7 Å². The topological polar surface area (TPSA) is 45.4 Å². The van der Waals surface area contributed by atoms with Crippen molar-refractivity contribution in [3.63, 3.8) is 0 Å². The number of unbranched alkanes of at least 4 members (excludes halogenated alkanes) is 9. The minimum Gasteiger partial charge on any atom is -0.615 e. The number of benzene rings is 1. The number of hydrogen-bond acceptors (Lipinski definition) is 3. The number of aromatic nitrogens is 1. The van der Waals surface area contributed by atoms with Crippen molar-refractivity contribution < 1.29 is 14.2 Å². The number of aryl methyl sites for hydroxylation is 1. The van der Waals surface area contributed by atoms with Gasteiger partial charge in [-0.05, 0) is 31.7 Å². The molecule has 0 aliphatic heterocycles. The van der Waals surface area contributed by atoms with E-state index in [1.165, 1.54) is 44.9 Å². The molecule has 2 rings (SSSR count). The van der Waals surface area contributed by atoms with Gasteiger partial charge in [0.2, 0.25) is 11.3 Å². The molecular weight excluding hydrogens is 386 g/mol. The van der Waals surface area contributed by atoms with Crippen molar-refractivity contribution in [2.45, 2.75) is 104 Å². The molecule has 0 bridgehead atoms. The fourth-order valence-corrected chi connectivity index (χ4v) is 4.01. The molecule has 1 aromatic heterocycles. The first-order valence-corrected chi connectivity index (χ1v) is 12.7. The maximum absolute atomic E-state index is 13.2. The van der Waals surface area contributed by atoms with Crippen LogP contribution in [0.25, 0.3) is 10.9 Å². The van der Waals surface area contributed by atoms with E-state index in [0.29, 0.717) is 30.4 Å². The summed E-state index contributed by atoms with van der Waals surface area (Å²) in [6.07, 6.45) is 14.7. The zero-order valence-electron chi connectivity index (χ0n) is 20.1. The Morgan fingerprint density at radius 1 is 0.710 bits per heavy atom. The molecule has 0 radical (unpaired) electrons. The van der Waals surface area contributed by atoms with Gasteiger partial charge in [-0.3, -0.25) is 0 Å². The number of pyridine rings is 1. The normalized spacial score (nSPS) is 11.2. The number of fused-ring (bicyclic) bond motifs is 1. The molecule has 0 unspecified atom stereocenters. The molecule has 0 saturated heterocycles. The van der Waals surface area contributed by atoms with Crippen LogP contribution in [0.3, 0.4) is 0 Å². The molecule has 1 aromatic carbocycles. The summed E-state index contributed by atoms with van der Waals surface area (Å²) in [7, 11) is 0. The largest absolute Gasteiger partial charge is 0.615 e. The molecule has 0 aliphatic rings. The second-order valence-corrected chi connectivity index (χ2v) is 8.55. The summed E-state index contributed by atoms with van der Waals surface area (Å²) >= 11 is 0. The van der Waals surface area contributed by atoms with Gasteiger partial charge in [0.25, 0.3) is 0 Å². The predicted molar refractivity (Wildman–Crippen MR) is 130 cm³/mol. The minimum absolute atomic E-state index is 0.358. The van der Waals surface area contributed by atoms with E-state index in [9.17, 15) is 5.21 Å². The quantitative estimate of drug-likeness (QED) is 0.148. The van der Waals surface area contributed by atoms with Crippen LogP contribution in [0.15, 0.2) is 24.3 Å². The van der Waals surface area contributed by atoms with E-state index in [-0.39, 0.29) is 0 Å². The Morgan fingerprint density at radius 2 is 1.29 bits per heavy atom. The molecule has 0 amide bonds. The Morgan fingerprint density at radius 3 is 1.94 bits per heavy atom. The molecule has 0 N–H and O–H groups in total. The molecule has 0 fully saturated rings. The van der Waals surface area contributed by atoms with E-state index in [0.717, 1.165) is 54.2 Å². The van der Waals surface area contributed by atoms with Crippen molar-refractivity contribution in [2.24, 2.45) is 0 Å². The summed E-state index contributed by atoms with van der Waals surface area (Å²) in [5.74, 6) is 1.04. The highest BCUT2D eigenvalue weighted by molar-refractivity contribution is 5.82. The lowest BCUT2D eigenvalue weighted by Crippen LogP contribution is -2.32. The fourth-order valence-electron chi connectivity index (χ4n) is 4.01. The lowest BCUT2D eigenvalue weighted by atomic mass is 10.0. The van der Waals surface area contributed by atoms with Crippen LogP contribution in [-0.2, 0) is 6.42 Å². The average molecular weight is 430 g/mol. The number of para-hydroxylation sites is 1. The SMILES string of the molecule is CCCCCCOc1c(CCCCCC)c2ccccc2[n+]([O-])c1OCCCCCC. The summed E-state index contributed by atoms with van der Waals surface area (Å²) in [6, 6.07) is 7.88. The molecule has 4 heteroatoms. The van der Waals surface area contributed by atoms with Crippen LogP contribution in [0, 0.1) is 5.21 Å². The minimum atomic E-state index is 0.358. The van der Waals surface area contributed by atoms with Gasteiger partial charge in [0, 0.05) is 11.6 Å². The highest BCUT2D eigenvalue weighted by atomic mass is 16.6. The van der Waals surface area contributed by atoms with Crippen molar-refractivity contribution >= 4 is 10.9 Å². The number of hydrogen-bond donors (Lipinski definition) is 0. The van der Waals surface area contributed by atoms with Crippen molar-refractivity contribution in [2.75, 3.05) is 13.2 Å². The first-order valence-electron chi connectivity index (χ1n) is 12.7. The predicted octanol–water partition coefficient (Wildman–Crippen LogP) is 7.51. The summed E-state index contributed by atoms with van der Waals surface area (Å²) in [6.45, 7) is 7.83. The third-order valence-electron chi connectivity index (χ3n) is 5.86. The van der Waals surface area contributed by atoms with E-state index < -0.39 is 0 Å². The Kier molecular flexibility index (Phi) is 12.2. The van der Waals surface area contributed by atoms with Crippen molar-refractivity contribution in [3.05, 3.63) is 35.0 Å². The van der Waals surface area contributed by atoms with Gasteiger partial charge in [-0.15, -0.1) is 4.73 Å². The van der Waals surface area contributed by atoms with Crippen LogP contribution in [0.2, 0.25) is 0 Å². The molecule has 1 heterocycles. The molecule has 0 aliphatic carbocycles. The van der Waals surface area contributed by atoms with Gasteiger partial charge in [0.1, 0.15) is 0 Å². The van der Waals surface area contributed by atoms with Crippen molar-refractivity contribution in [1.82, 2.24) is 0 Å². The van der Waals surface area contributed by atoms with E-state index >= 15 is 0 Å². The Balaban J connectivity index is 2.32. The molecule has 0 saturated carbocycles. The first kappa shape index (κ1) is 25.3. The first-order chi connectivity index (χ1) is 15.2. The smallest absolute Gasteiger partial charge is 0.423 e. The second-order valence-electron chi connectivity index (χ2n) is 8.55. The zero-order valence-corrected chi connectivity index (χ0v) is 20.1. The van der Waals surface area contributed by atoms with Gasteiger partial charge in [0.15, 0.2) is 0 Å². The standard InChI is InChI=1S/C27H43NO3/c1-4-7-10-13-19-24-23-18-14-15-20-25(23)28(29)27(31-22-17-12-9-6-3)26(24)30-21-16-11-8-5-2/h14-15,18,20H,4-13,16-17,19,21-22H2,1-3H3. The summed E-state index contributed by atoms with van der Waals surface area (Å²) in [4.78, 5) is 0. The van der Waals surface area contributed by atoms with E-state index in [1.54, 1.807) is 0 Å². The third kappa shape index (κ3) is 7.90. The summed E-state index contributed by atoms with van der Waals surface area (Å²) < 4.78 is 13.3. The van der Waals surface area contributed by atoms with Gasteiger partial charge in [0.05, 0.1) is 18.6 Å². The molecule has 0 atom stereocenters. The Hall–Kier alpha value is -1.97. The van der Waals surface area contributed by atoms with Crippen molar-refractivity contribution in [1.29, 1.82) is 0 Å². The van der Waals surface area contributed by atoms with E-state index in [2.05, 4.69) is 20.8 Å². The van der Waals surface area contributed by atoms with Gasteiger partial charge in [-0.2, -0.15) is 0 Å². The highest BCUT2D eigenvalue weighted by Gasteiger charge is 2.26. The van der Waals surface area contributed by atoms with Gasteiger partial charge < -0.3 is 14.7 Å². The Bertz CT molecular complexity index is 760. The third-order valence-corrected chi connectivity index (χ3v) is 5.86. The number of ether oxygens (including phenoxy) is 2. The number of nitrogens with zero attached hydrogens (tertiary/aromatic N) is 1. The van der Waals surface area contributed by atoms with E-state index in [1.807, 2.05) is 24.3 Å². The molecule has 174 valence electrons. The van der Waals surface area contributed by atoms with Gasteiger partial charge in [-0.25, -0.2) is 0 Å². The van der Waals surface area contributed by atoms with Crippen LogP contribution in [0.5, 0.6) is 11.6 Å². The van der Waals surface area contributed by atoms with Crippen LogP contribution in [0.1, 0.15) is 103 Å². The zero-order chi connectivity index (χ0) is 22.3. The van der Waals surface area contributed by atoms with Crippen LogP contribution >= 0.6 is 0 Å². The fraction of sp³-hybridized carbons (Fsp3) is 0.667. The van der Waals surface area contributed by atoms with Crippen molar-refractivity contribution in [3.8, 4) is 11.6 Å². The highest BCUT2D eigenvalue weighted by Crippen LogP contribution is 2.35. The lowest BCUT2D eigenvalue weighted by molar-refractivity contribution is -0.585. The summed E-state index contributed by atoms with van der Waals surface area (Å²) in [5.41, 5.74) is 1.81. The monoisotopic (exact) mass is 429 g/mol. The van der Waals surface area contributed by atoms with Crippen LogP contribution in [-0.4, -0.2) is 13.2 Å². The Labute approximate surface area is 189 Å². The summed E-state index contributed by atoms with van der Waals surface area (Å²) in [5, 5.41) is 14.2. The van der Waals surface area contributed by atoms with Crippen LogP contribution < -0.4 is 14.2 Å². The molecule has 4 nitrogen and oxygen atoms in total. The molecular formula is C27H43NO3. The molecule has 0 spiro atoms.